The number of hydrogen-bond donors (Lipinski definition) is 2. The van der Waals surface area contributed by atoms with E-state index in [1.807, 2.05) is 12.1 Å². The summed E-state index contributed by atoms with van der Waals surface area (Å²) in [6, 6.07) is 5.68. The van der Waals surface area contributed by atoms with Crippen molar-refractivity contribution in [3.05, 3.63) is 23.8 Å². The zero-order chi connectivity index (χ0) is 16.2. The molecule has 5 heteroatoms. The molecule has 22 heavy (non-hydrogen) atoms. The molecule has 0 spiro atoms. The Bertz CT molecular complexity index is 450. The average Bonchev–Trinajstić information content (AvgIpc) is 2.52. The summed E-state index contributed by atoms with van der Waals surface area (Å²) in [5, 5.41) is 3.43. The molecule has 0 fully saturated rings. The van der Waals surface area contributed by atoms with Gasteiger partial charge in [0.05, 0.1) is 7.11 Å². The fourth-order valence-electron chi connectivity index (χ4n) is 2.18. The number of unbranched alkanes of at least 4 members (excludes halogenated alkanes) is 4. The van der Waals surface area contributed by atoms with Crippen molar-refractivity contribution in [1.82, 2.24) is 5.32 Å². The first kappa shape index (κ1) is 18.3. The fourth-order valence-corrected chi connectivity index (χ4v) is 2.18. The van der Waals surface area contributed by atoms with Gasteiger partial charge in [0.25, 0.3) is 5.91 Å². The van der Waals surface area contributed by atoms with Crippen LogP contribution in [0.5, 0.6) is 11.5 Å². The third-order valence-electron chi connectivity index (χ3n) is 3.38. The summed E-state index contributed by atoms with van der Waals surface area (Å²) in [5.74, 6) is 0.643. The highest BCUT2D eigenvalue weighted by atomic mass is 16.5. The minimum Gasteiger partial charge on any atom is -0.493 e. The molecule has 0 atom stereocenters. The molecule has 0 saturated carbocycles. The van der Waals surface area contributed by atoms with Gasteiger partial charge in [-0.2, -0.15) is 0 Å². The molecule has 1 aromatic rings. The van der Waals surface area contributed by atoms with E-state index in [2.05, 4.69) is 12.2 Å². The first-order chi connectivity index (χ1) is 10.7. The monoisotopic (exact) mass is 308 g/mol. The number of ether oxygens (including phenoxy) is 2. The second-order valence-electron chi connectivity index (χ2n) is 5.33. The molecule has 0 aliphatic rings. The zero-order valence-corrected chi connectivity index (χ0v) is 13.7. The van der Waals surface area contributed by atoms with Crippen LogP contribution in [0.25, 0.3) is 0 Å². The third kappa shape index (κ3) is 7.31. The van der Waals surface area contributed by atoms with Crippen molar-refractivity contribution in [1.29, 1.82) is 0 Å². The Morgan fingerprint density at radius 3 is 2.64 bits per heavy atom. The Kier molecular flexibility index (Phi) is 9.07. The van der Waals surface area contributed by atoms with Gasteiger partial charge in [0, 0.05) is 6.54 Å². The third-order valence-corrected chi connectivity index (χ3v) is 3.38. The number of carbonyl (C=O) groups is 1. The number of hydrogen-bond acceptors (Lipinski definition) is 4. The molecule has 1 aromatic carbocycles. The van der Waals surface area contributed by atoms with E-state index < -0.39 is 5.91 Å². The van der Waals surface area contributed by atoms with Crippen molar-refractivity contribution in [2.75, 3.05) is 20.3 Å². The maximum Gasteiger partial charge on any atom is 0.255 e. The summed E-state index contributed by atoms with van der Waals surface area (Å²) in [6.07, 6.45) is 6.40. The predicted octanol–water partition coefficient (Wildman–Crippen LogP) is 2.62. The van der Waals surface area contributed by atoms with Gasteiger partial charge in [0.15, 0.2) is 18.1 Å². The maximum atomic E-state index is 10.8. The lowest BCUT2D eigenvalue weighted by Crippen LogP contribution is -2.20. The highest BCUT2D eigenvalue weighted by Crippen LogP contribution is 2.27. The average molecular weight is 308 g/mol. The maximum absolute atomic E-state index is 10.8. The first-order valence-electron chi connectivity index (χ1n) is 7.96. The summed E-state index contributed by atoms with van der Waals surface area (Å²) >= 11 is 0. The molecule has 5 nitrogen and oxygen atoms in total. The molecule has 0 bridgehead atoms. The number of benzene rings is 1. The predicted molar refractivity (Wildman–Crippen MR) is 88.1 cm³/mol. The van der Waals surface area contributed by atoms with E-state index in [-0.39, 0.29) is 6.61 Å². The summed E-state index contributed by atoms with van der Waals surface area (Å²) in [5.41, 5.74) is 6.19. The normalized spacial score (nSPS) is 10.5. The van der Waals surface area contributed by atoms with Gasteiger partial charge in [-0.3, -0.25) is 4.79 Å². The van der Waals surface area contributed by atoms with Crippen molar-refractivity contribution in [3.8, 4) is 11.5 Å². The van der Waals surface area contributed by atoms with Crippen molar-refractivity contribution < 1.29 is 14.3 Å². The van der Waals surface area contributed by atoms with Gasteiger partial charge in [-0.15, -0.1) is 0 Å². The summed E-state index contributed by atoms with van der Waals surface area (Å²) in [6.45, 7) is 3.89. The molecular formula is C17H28N2O3. The number of amides is 1. The lowest BCUT2D eigenvalue weighted by Gasteiger charge is -2.11. The molecular weight excluding hydrogens is 280 g/mol. The lowest BCUT2D eigenvalue weighted by atomic mass is 10.1. The van der Waals surface area contributed by atoms with Gasteiger partial charge in [-0.1, -0.05) is 38.7 Å². The number of primary amides is 1. The first-order valence-corrected chi connectivity index (χ1v) is 7.96. The van der Waals surface area contributed by atoms with Crippen molar-refractivity contribution in [2.45, 2.75) is 45.6 Å². The molecule has 0 heterocycles. The van der Waals surface area contributed by atoms with Gasteiger partial charge in [0.2, 0.25) is 0 Å². The smallest absolute Gasteiger partial charge is 0.255 e. The largest absolute Gasteiger partial charge is 0.493 e. The van der Waals surface area contributed by atoms with Crippen LogP contribution < -0.4 is 20.5 Å². The van der Waals surface area contributed by atoms with E-state index in [1.165, 1.54) is 32.1 Å². The number of methoxy groups -OCH3 is 1. The molecule has 1 rings (SSSR count). The Labute approximate surface area is 133 Å². The van der Waals surface area contributed by atoms with Crippen molar-refractivity contribution in [3.63, 3.8) is 0 Å². The molecule has 0 unspecified atom stereocenters. The van der Waals surface area contributed by atoms with Gasteiger partial charge in [0.1, 0.15) is 0 Å². The lowest BCUT2D eigenvalue weighted by molar-refractivity contribution is -0.119. The van der Waals surface area contributed by atoms with Crippen LogP contribution in [0.15, 0.2) is 18.2 Å². The van der Waals surface area contributed by atoms with Crippen LogP contribution in [-0.4, -0.2) is 26.2 Å². The molecule has 0 aliphatic heterocycles. The Morgan fingerprint density at radius 2 is 1.95 bits per heavy atom. The van der Waals surface area contributed by atoms with Crippen LogP contribution in [0, 0.1) is 0 Å². The standard InChI is InChI=1S/C17H28N2O3/c1-3-4-5-6-7-10-19-12-14-8-9-15(16(11-14)21-2)22-13-17(18)20/h8-9,11,19H,3-7,10,12-13H2,1-2H3,(H2,18,20). The van der Waals surface area contributed by atoms with E-state index in [0.717, 1.165) is 18.7 Å². The topological polar surface area (TPSA) is 73.6 Å². The SMILES string of the molecule is CCCCCCCNCc1ccc(OCC(N)=O)c(OC)c1. The second-order valence-corrected chi connectivity index (χ2v) is 5.33. The van der Waals surface area contributed by atoms with E-state index in [0.29, 0.717) is 11.5 Å². The molecule has 124 valence electrons. The summed E-state index contributed by atoms with van der Waals surface area (Å²) in [4.78, 5) is 10.8. The van der Waals surface area contributed by atoms with E-state index in [9.17, 15) is 4.79 Å². The molecule has 0 aliphatic carbocycles. The minimum absolute atomic E-state index is 0.147. The quantitative estimate of drug-likeness (QED) is 0.582. The zero-order valence-electron chi connectivity index (χ0n) is 13.7. The fraction of sp³-hybridized carbons (Fsp3) is 0.588. The molecule has 0 aromatic heterocycles. The molecule has 0 radical (unpaired) electrons. The Morgan fingerprint density at radius 1 is 1.18 bits per heavy atom. The van der Waals surface area contributed by atoms with Gasteiger partial charge >= 0.3 is 0 Å². The van der Waals surface area contributed by atoms with Crippen LogP contribution in [0.2, 0.25) is 0 Å². The molecule has 1 amide bonds. The van der Waals surface area contributed by atoms with E-state index in [1.54, 1.807) is 13.2 Å². The van der Waals surface area contributed by atoms with Crippen LogP contribution in [-0.2, 0) is 11.3 Å². The minimum atomic E-state index is -0.504. The Hall–Kier alpha value is -1.75. The highest BCUT2D eigenvalue weighted by Gasteiger charge is 2.07. The second kappa shape index (κ2) is 10.9. The van der Waals surface area contributed by atoms with Crippen molar-refractivity contribution >= 4 is 5.91 Å². The molecule has 0 saturated heterocycles. The number of nitrogens with two attached hydrogens (primary N) is 1. The van der Waals surface area contributed by atoms with E-state index in [4.69, 9.17) is 15.2 Å². The van der Waals surface area contributed by atoms with Crippen LogP contribution in [0.4, 0.5) is 0 Å². The number of nitrogens with one attached hydrogen (secondary N) is 1. The Balaban J connectivity index is 2.36. The highest BCUT2D eigenvalue weighted by molar-refractivity contribution is 5.75. The van der Waals surface area contributed by atoms with Crippen molar-refractivity contribution in [2.24, 2.45) is 5.73 Å². The van der Waals surface area contributed by atoms with Gasteiger partial charge < -0.3 is 20.5 Å². The van der Waals surface area contributed by atoms with E-state index >= 15 is 0 Å². The summed E-state index contributed by atoms with van der Waals surface area (Å²) in [7, 11) is 1.58. The number of rotatable bonds is 12. The van der Waals surface area contributed by atoms with Gasteiger partial charge in [-0.25, -0.2) is 0 Å². The van der Waals surface area contributed by atoms with Crippen LogP contribution in [0.1, 0.15) is 44.6 Å². The summed E-state index contributed by atoms with van der Waals surface area (Å²) < 4.78 is 10.6. The van der Waals surface area contributed by atoms with Crippen LogP contribution >= 0.6 is 0 Å². The molecule has 3 N–H and O–H groups in total. The number of carbonyl (C=O) groups excluding carboxylic acids is 1. The van der Waals surface area contributed by atoms with Gasteiger partial charge in [-0.05, 0) is 30.7 Å². The van der Waals surface area contributed by atoms with Crippen LogP contribution in [0.3, 0.4) is 0 Å².